The fourth-order valence-corrected chi connectivity index (χ4v) is 3.95. The van der Waals surface area contributed by atoms with Crippen molar-refractivity contribution >= 4 is 15.7 Å². The number of sulfonamides is 1. The second-order valence-electron chi connectivity index (χ2n) is 4.76. The van der Waals surface area contributed by atoms with Crippen molar-refractivity contribution in [1.29, 1.82) is 0 Å². The Bertz CT molecular complexity index is 723. The first-order chi connectivity index (χ1) is 9.63. The molecule has 4 nitrogen and oxygen atoms in total. The molecule has 1 N–H and O–H groups in total. The van der Waals surface area contributed by atoms with Gasteiger partial charge in [-0.05, 0) is 35.7 Å². The Morgan fingerprint density at radius 3 is 2.45 bits per heavy atom. The molecule has 0 aliphatic carbocycles. The smallest absolute Gasteiger partial charge is 0.264 e. The van der Waals surface area contributed by atoms with Crippen molar-refractivity contribution in [3.63, 3.8) is 0 Å². The van der Waals surface area contributed by atoms with Crippen LogP contribution in [0.1, 0.15) is 11.1 Å². The lowest BCUT2D eigenvalue weighted by Crippen LogP contribution is -2.29. The maximum Gasteiger partial charge on any atom is 0.264 e. The first kappa shape index (κ1) is 13.1. The van der Waals surface area contributed by atoms with Crippen molar-refractivity contribution in [1.82, 2.24) is 0 Å². The molecule has 0 unspecified atom stereocenters. The number of hydrogen-bond acceptors (Lipinski definition) is 3. The van der Waals surface area contributed by atoms with Gasteiger partial charge in [0.05, 0.1) is 17.2 Å². The van der Waals surface area contributed by atoms with E-state index in [9.17, 15) is 8.42 Å². The van der Waals surface area contributed by atoms with Gasteiger partial charge in [-0.3, -0.25) is 4.31 Å². The highest BCUT2D eigenvalue weighted by atomic mass is 32.2. The van der Waals surface area contributed by atoms with Crippen molar-refractivity contribution < 1.29 is 13.5 Å². The van der Waals surface area contributed by atoms with Gasteiger partial charge in [0.15, 0.2) is 0 Å². The molecule has 0 saturated heterocycles. The lowest BCUT2D eigenvalue weighted by molar-refractivity contribution is 0.282. The topological polar surface area (TPSA) is 57.6 Å². The molecule has 0 radical (unpaired) electrons. The van der Waals surface area contributed by atoms with Gasteiger partial charge in [-0.2, -0.15) is 0 Å². The lowest BCUT2D eigenvalue weighted by Gasteiger charge is -2.19. The standard InChI is InChI=1S/C15H15NO3S/c17-11-12-5-7-14(8-6-12)20(18,19)16-10-9-13-3-1-2-4-15(13)16/h1-8,17H,9-11H2. The van der Waals surface area contributed by atoms with E-state index in [0.29, 0.717) is 12.1 Å². The highest BCUT2D eigenvalue weighted by molar-refractivity contribution is 7.92. The molecule has 0 amide bonds. The summed E-state index contributed by atoms with van der Waals surface area (Å²) in [5.74, 6) is 0. The van der Waals surface area contributed by atoms with Gasteiger partial charge >= 0.3 is 0 Å². The average molecular weight is 289 g/mol. The molecule has 3 rings (SSSR count). The Morgan fingerprint density at radius 2 is 1.75 bits per heavy atom. The quantitative estimate of drug-likeness (QED) is 0.939. The summed E-state index contributed by atoms with van der Waals surface area (Å²) in [6.07, 6.45) is 0.740. The number of benzene rings is 2. The summed E-state index contributed by atoms with van der Waals surface area (Å²) in [6, 6.07) is 13.9. The predicted molar refractivity (Wildman–Crippen MR) is 77.0 cm³/mol. The first-order valence-corrected chi connectivity index (χ1v) is 7.87. The van der Waals surface area contributed by atoms with Gasteiger partial charge in [-0.25, -0.2) is 8.42 Å². The van der Waals surface area contributed by atoms with E-state index < -0.39 is 10.0 Å². The van der Waals surface area contributed by atoms with E-state index in [1.807, 2.05) is 24.3 Å². The second kappa shape index (κ2) is 4.92. The van der Waals surface area contributed by atoms with Crippen molar-refractivity contribution in [2.24, 2.45) is 0 Å². The number of anilines is 1. The third kappa shape index (κ3) is 2.09. The molecule has 2 aromatic rings. The largest absolute Gasteiger partial charge is 0.392 e. The Kier molecular flexibility index (Phi) is 3.23. The van der Waals surface area contributed by atoms with Crippen LogP contribution < -0.4 is 4.31 Å². The zero-order valence-corrected chi connectivity index (χ0v) is 11.7. The first-order valence-electron chi connectivity index (χ1n) is 6.43. The number of nitrogens with zero attached hydrogens (tertiary/aromatic N) is 1. The predicted octanol–water partition coefficient (Wildman–Crippen LogP) is 1.93. The molecular formula is C15H15NO3S. The normalized spacial score (nSPS) is 14.3. The molecule has 0 aromatic heterocycles. The number of aliphatic hydroxyl groups excluding tert-OH is 1. The lowest BCUT2D eigenvalue weighted by atomic mass is 10.2. The summed E-state index contributed by atoms with van der Waals surface area (Å²) in [5, 5.41) is 9.01. The van der Waals surface area contributed by atoms with Gasteiger partial charge in [-0.1, -0.05) is 30.3 Å². The molecule has 1 aliphatic heterocycles. The minimum absolute atomic E-state index is 0.0904. The van der Waals surface area contributed by atoms with Crippen molar-refractivity contribution in [2.45, 2.75) is 17.9 Å². The Morgan fingerprint density at radius 1 is 1.05 bits per heavy atom. The maximum absolute atomic E-state index is 12.7. The van der Waals surface area contributed by atoms with Crippen LogP contribution in [0.3, 0.4) is 0 Å². The van der Waals surface area contributed by atoms with Crippen LogP contribution in [0.15, 0.2) is 53.4 Å². The van der Waals surface area contributed by atoms with Crippen LogP contribution in [-0.2, 0) is 23.1 Å². The highest BCUT2D eigenvalue weighted by Crippen LogP contribution is 2.32. The SMILES string of the molecule is O=S(=O)(c1ccc(CO)cc1)N1CCc2ccccc21. The van der Waals surface area contributed by atoms with Crippen LogP contribution in [0.4, 0.5) is 5.69 Å². The monoisotopic (exact) mass is 289 g/mol. The van der Waals surface area contributed by atoms with Crippen LogP contribution >= 0.6 is 0 Å². The summed E-state index contributed by atoms with van der Waals surface area (Å²) < 4.78 is 26.8. The fraction of sp³-hybridized carbons (Fsp3) is 0.200. The third-order valence-corrected chi connectivity index (χ3v) is 5.37. The summed E-state index contributed by atoms with van der Waals surface area (Å²) in [6.45, 7) is 0.385. The van der Waals surface area contributed by atoms with E-state index in [4.69, 9.17) is 5.11 Å². The summed E-state index contributed by atoms with van der Waals surface area (Å²) >= 11 is 0. The fourth-order valence-electron chi connectivity index (χ4n) is 2.45. The Labute approximate surface area is 118 Å². The van der Waals surface area contributed by atoms with E-state index in [0.717, 1.165) is 17.7 Å². The molecular weight excluding hydrogens is 274 g/mol. The molecule has 20 heavy (non-hydrogen) atoms. The molecule has 0 fully saturated rings. The molecule has 1 aliphatic rings. The van der Waals surface area contributed by atoms with E-state index in [1.54, 1.807) is 24.3 Å². The molecule has 0 bridgehead atoms. The van der Waals surface area contributed by atoms with Gasteiger partial charge < -0.3 is 5.11 Å². The third-order valence-electron chi connectivity index (χ3n) is 3.54. The van der Waals surface area contributed by atoms with Crippen molar-refractivity contribution in [3.05, 3.63) is 59.7 Å². The van der Waals surface area contributed by atoms with Gasteiger partial charge in [-0.15, -0.1) is 0 Å². The summed E-state index contributed by atoms with van der Waals surface area (Å²) in [7, 11) is -3.53. The molecule has 5 heteroatoms. The number of aliphatic hydroxyl groups is 1. The molecule has 1 heterocycles. The van der Waals surface area contributed by atoms with Crippen LogP contribution in [0.2, 0.25) is 0 Å². The van der Waals surface area contributed by atoms with Gasteiger partial charge in [0.2, 0.25) is 0 Å². The van der Waals surface area contributed by atoms with E-state index in [1.165, 1.54) is 4.31 Å². The van der Waals surface area contributed by atoms with E-state index in [2.05, 4.69) is 0 Å². The Hall–Kier alpha value is -1.85. The number of hydrogen-bond donors (Lipinski definition) is 1. The van der Waals surface area contributed by atoms with Crippen LogP contribution in [0, 0.1) is 0 Å². The zero-order chi connectivity index (χ0) is 14.2. The minimum atomic E-state index is -3.53. The summed E-state index contributed by atoms with van der Waals surface area (Å²) in [4.78, 5) is 0.256. The van der Waals surface area contributed by atoms with Crippen LogP contribution in [-0.4, -0.2) is 20.1 Å². The highest BCUT2D eigenvalue weighted by Gasteiger charge is 2.30. The average Bonchev–Trinajstić information content (AvgIpc) is 2.92. The van der Waals surface area contributed by atoms with Gasteiger partial charge in [0.1, 0.15) is 0 Å². The maximum atomic E-state index is 12.7. The molecule has 0 spiro atoms. The van der Waals surface area contributed by atoms with Crippen molar-refractivity contribution in [3.8, 4) is 0 Å². The van der Waals surface area contributed by atoms with Crippen LogP contribution in [0.5, 0.6) is 0 Å². The van der Waals surface area contributed by atoms with Gasteiger partial charge in [0, 0.05) is 6.54 Å². The summed E-state index contributed by atoms with van der Waals surface area (Å²) in [5.41, 5.74) is 2.52. The zero-order valence-electron chi connectivity index (χ0n) is 10.9. The van der Waals surface area contributed by atoms with E-state index in [-0.39, 0.29) is 11.5 Å². The Balaban J connectivity index is 2.00. The van der Waals surface area contributed by atoms with Crippen LogP contribution in [0.25, 0.3) is 0 Å². The van der Waals surface area contributed by atoms with Gasteiger partial charge in [0.25, 0.3) is 10.0 Å². The number of para-hydroxylation sites is 1. The number of fused-ring (bicyclic) bond motifs is 1. The second-order valence-corrected chi connectivity index (χ2v) is 6.62. The van der Waals surface area contributed by atoms with E-state index >= 15 is 0 Å². The molecule has 0 saturated carbocycles. The molecule has 104 valence electrons. The number of rotatable bonds is 3. The molecule has 0 atom stereocenters. The molecule has 2 aromatic carbocycles. The van der Waals surface area contributed by atoms with Crippen molar-refractivity contribution in [2.75, 3.05) is 10.8 Å². The minimum Gasteiger partial charge on any atom is -0.392 e.